The standard InChI is InChI=1S/C29H29N5O3/c1-2-17-37-26(35)9-6-16-30-27-28-31-18-25(34(28)19-24(33-27)20-7-4-3-5-8-20)21-10-12-22(13-11-21)29(36)32-23-14-15-23/h2-5,7-8,10-13,18-19,23H,1,6,9,14-17H2,(H,30,33)(H,32,36). The van der Waals surface area contributed by atoms with E-state index in [9.17, 15) is 9.59 Å². The van der Waals surface area contributed by atoms with Gasteiger partial charge in [-0.2, -0.15) is 0 Å². The predicted molar refractivity (Wildman–Crippen MR) is 143 cm³/mol. The van der Waals surface area contributed by atoms with E-state index in [-0.39, 0.29) is 18.5 Å². The van der Waals surface area contributed by atoms with Gasteiger partial charge in [0.1, 0.15) is 6.61 Å². The van der Waals surface area contributed by atoms with Crippen molar-refractivity contribution >= 4 is 23.3 Å². The minimum Gasteiger partial charge on any atom is -0.461 e. The maximum Gasteiger partial charge on any atom is 0.306 e. The van der Waals surface area contributed by atoms with Gasteiger partial charge in [0.05, 0.1) is 17.6 Å². The Morgan fingerprint density at radius 3 is 2.59 bits per heavy atom. The number of nitrogens with zero attached hydrogens (tertiary/aromatic N) is 3. The van der Waals surface area contributed by atoms with Gasteiger partial charge in [-0.3, -0.25) is 14.0 Å². The maximum absolute atomic E-state index is 12.4. The average molecular weight is 496 g/mol. The molecule has 8 heteroatoms. The molecule has 188 valence electrons. The van der Waals surface area contributed by atoms with Crippen LogP contribution in [-0.2, 0) is 9.53 Å². The summed E-state index contributed by atoms with van der Waals surface area (Å²) < 4.78 is 7.06. The van der Waals surface area contributed by atoms with Gasteiger partial charge in [0, 0.05) is 41.9 Å². The highest BCUT2D eigenvalue weighted by Crippen LogP contribution is 2.28. The smallest absolute Gasteiger partial charge is 0.306 e. The Hall–Kier alpha value is -4.46. The summed E-state index contributed by atoms with van der Waals surface area (Å²) in [6.07, 6.45) is 8.34. The molecule has 1 fully saturated rings. The zero-order valence-corrected chi connectivity index (χ0v) is 20.5. The minimum atomic E-state index is -0.254. The summed E-state index contributed by atoms with van der Waals surface area (Å²) in [7, 11) is 0. The summed E-state index contributed by atoms with van der Waals surface area (Å²) in [6.45, 7) is 4.31. The molecule has 1 aliphatic rings. The number of imidazole rings is 1. The van der Waals surface area contributed by atoms with E-state index in [4.69, 9.17) is 9.72 Å². The lowest BCUT2D eigenvalue weighted by Crippen LogP contribution is -2.25. The van der Waals surface area contributed by atoms with Gasteiger partial charge in [-0.1, -0.05) is 55.1 Å². The molecule has 0 saturated heterocycles. The number of benzene rings is 2. The Balaban J connectivity index is 1.41. The SMILES string of the molecule is C=CCOC(=O)CCCNc1nc(-c2ccccc2)cn2c(-c3ccc(C(=O)NC4CC4)cc3)cnc12. The van der Waals surface area contributed by atoms with Crippen molar-refractivity contribution in [3.05, 3.63) is 85.2 Å². The average Bonchev–Trinajstić information content (AvgIpc) is 3.65. The quantitative estimate of drug-likeness (QED) is 0.175. The number of rotatable bonds is 11. The molecule has 0 unspecified atom stereocenters. The molecular weight excluding hydrogens is 466 g/mol. The molecule has 0 bridgehead atoms. The van der Waals surface area contributed by atoms with E-state index in [1.807, 2.05) is 71.4 Å². The number of nitrogens with one attached hydrogen (secondary N) is 2. The molecule has 4 aromatic rings. The van der Waals surface area contributed by atoms with Gasteiger partial charge in [-0.15, -0.1) is 0 Å². The molecule has 5 rings (SSSR count). The second kappa shape index (κ2) is 11.1. The number of fused-ring (bicyclic) bond motifs is 1. The first-order chi connectivity index (χ1) is 18.1. The van der Waals surface area contributed by atoms with E-state index < -0.39 is 0 Å². The number of carbonyl (C=O) groups excluding carboxylic acids is 2. The van der Waals surface area contributed by atoms with Crippen LogP contribution < -0.4 is 10.6 Å². The van der Waals surface area contributed by atoms with Gasteiger partial charge < -0.3 is 15.4 Å². The van der Waals surface area contributed by atoms with Crippen molar-refractivity contribution in [2.75, 3.05) is 18.5 Å². The second-order valence-electron chi connectivity index (χ2n) is 9.00. The fourth-order valence-corrected chi connectivity index (χ4v) is 4.02. The topological polar surface area (TPSA) is 97.6 Å². The lowest BCUT2D eigenvalue weighted by molar-refractivity contribution is -0.142. The van der Waals surface area contributed by atoms with E-state index in [1.54, 1.807) is 6.08 Å². The second-order valence-corrected chi connectivity index (χ2v) is 9.00. The van der Waals surface area contributed by atoms with Crippen molar-refractivity contribution in [3.8, 4) is 22.5 Å². The van der Waals surface area contributed by atoms with E-state index in [0.717, 1.165) is 35.4 Å². The molecule has 1 amide bonds. The van der Waals surface area contributed by atoms with Crippen molar-refractivity contribution in [3.63, 3.8) is 0 Å². The third kappa shape index (κ3) is 5.86. The lowest BCUT2D eigenvalue weighted by Gasteiger charge is -2.12. The number of carbonyl (C=O) groups is 2. The summed E-state index contributed by atoms with van der Waals surface area (Å²) in [6, 6.07) is 17.8. The molecule has 0 spiro atoms. The minimum absolute atomic E-state index is 0.0392. The van der Waals surface area contributed by atoms with Crippen molar-refractivity contribution in [1.29, 1.82) is 0 Å². The van der Waals surface area contributed by atoms with Crippen LogP contribution in [0.25, 0.3) is 28.2 Å². The fourth-order valence-electron chi connectivity index (χ4n) is 4.02. The van der Waals surface area contributed by atoms with Crippen molar-refractivity contribution in [2.24, 2.45) is 0 Å². The molecule has 2 N–H and O–H groups in total. The van der Waals surface area contributed by atoms with Crippen LogP contribution in [0.3, 0.4) is 0 Å². The molecule has 2 aromatic carbocycles. The summed E-state index contributed by atoms with van der Waals surface area (Å²) in [5.41, 5.74) is 4.92. The van der Waals surface area contributed by atoms with E-state index in [2.05, 4.69) is 22.2 Å². The Bertz CT molecular complexity index is 1410. The first-order valence-corrected chi connectivity index (χ1v) is 12.5. The number of hydrogen-bond donors (Lipinski definition) is 2. The number of amides is 1. The van der Waals surface area contributed by atoms with Gasteiger partial charge in [0.25, 0.3) is 5.91 Å². The van der Waals surface area contributed by atoms with Crippen LogP contribution in [0.2, 0.25) is 0 Å². The zero-order chi connectivity index (χ0) is 25.6. The third-order valence-corrected chi connectivity index (χ3v) is 6.13. The lowest BCUT2D eigenvalue weighted by atomic mass is 10.1. The number of ether oxygens (including phenoxy) is 1. The Morgan fingerprint density at radius 2 is 1.86 bits per heavy atom. The van der Waals surface area contributed by atoms with Crippen molar-refractivity contribution in [2.45, 2.75) is 31.7 Å². The van der Waals surface area contributed by atoms with Crippen LogP contribution in [0.15, 0.2) is 79.6 Å². The first kappa shape index (κ1) is 24.2. The molecule has 1 aliphatic carbocycles. The van der Waals surface area contributed by atoms with E-state index in [1.165, 1.54) is 0 Å². The third-order valence-electron chi connectivity index (χ3n) is 6.13. The molecule has 37 heavy (non-hydrogen) atoms. The monoisotopic (exact) mass is 495 g/mol. The number of esters is 1. The highest BCUT2D eigenvalue weighted by molar-refractivity contribution is 5.95. The molecule has 0 atom stereocenters. The van der Waals surface area contributed by atoms with Gasteiger partial charge >= 0.3 is 5.97 Å². The Kier molecular flexibility index (Phi) is 7.26. The molecular formula is C29H29N5O3. The largest absolute Gasteiger partial charge is 0.461 e. The first-order valence-electron chi connectivity index (χ1n) is 12.5. The maximum atomic E-state index is 12.4. The molecule has 2 aromatic heterocycles. The van der Waals surface area contributed by atoms with Crippen LogP contribution in [-0.4, -0.2) is 45.4 Å². The van der Waals surface area contributed by atoms with Crippen LogP contribution >= 0.6 is 0 Å². The predicted octanol–water partition coefficient (Wildman–Crippen LogP) is 4.88. The van der Waals surface area contributed by atoms with E-state index >= 15 is 0 Å². The van der Waals surface area contributed by atoms with Gasteiger partial charge in [-0.25, -0.2) is 9.97 Å². The molecule has 2 heterocycles. The number of aromatic nitrogens is 3. The number of hydrogen-bond acceptors (Lipinski definition) is 6. The van der Waals surface area contributed by atoms with Gasteiger partial charge in [0.2, 0.25) is 0 Å². The molecule has 8 nitrogen and oxygen atoms in total. The normalized spacial score (nSPS) is 12.8. The Morgan fingerprint density at radius 1 is 1.08 bits per heavy atom. The van der Waals surface area contributed by atoms with Crippen molar-refractivity contribution in [1.82, 2.24) is 19.7 Å². The highest BCUT2D eigenvalue weighted by atomic mass is 16.5. The van der Waals surface area contributed by atoms with Gasteiger partial charge in [0.15, 0.2) is 11.5 Å². The van der Waals surface area contributed by atoms with Crippen LogP contribution in [0.1, 0.15) is 36.0 Å². The molecule has 0 aliphatic heterocycles. The van der Waals surface area contributed by atoms with Crippen molar-refractivity contribution < 1.29 is 14.3 Å². The Labute approximate surface area is 215 Å². The summed E-state index contributed by atoms with van der Waals surface area (Å²) in [4.78, 5) is 33.7. The highest BCUT2D eigenvalue weighted by Gasteiger charge is 2.23. The summed E-state index contributed by atoms with van der Waals surface area (Å²) in [5, 5.41) is 6.37. The van der Waals surface area contributed by atoms with Gasteiger partial charge in [-0.05, 0) is 31.4 Å². The molecule has 0 radical (unpaired) electrons. The fraction of sp³-hybridized carbons (Fsp3) is 0.241. The summed E-state index contributed by atoms with van der Waals surface area (Å²) >= 11 is 0. The van der Waals surface area contributed by atoms with E-state index in [0.29, 0.717) is 42.5 Å². The summed E-state index contributed by atoms with van der Waals surface area (Å²) in [5.74, 6) is 0.338. The number of anilines is 1. The van der Waals surface area contributed by atoms with Crippen LogP contribution in [0.4, 0.5) is 5.82 Å². The molecule has 1 saturated carbocycles. The van der Waals surface area contributed by atoms with Crippen LogP contribution in [0.5, 0.6) is 0 Å². The van der Waals surface area contributed by atoms with Crippen LogP contribution in [0, 0.1) is 0 Å². The zero-order valence-electron chi connectivity index (χ0n) is 20.5.